The van der Waals surface area contributed by atoms with Gasteiger partial charge in [0.1, 0.15) is 17.5 Å². The summed E-state index contributed by atoms with van der Waals surface area (Å²) >= 11 is 13.0. The molecule has 0 unspecified atom stereocenters. The highest BCUT2D eigenvalue weighted by atomic mass is 35.5. The summed E-state index contributed by atoms with van der Waals surface area (Å²) in [4.78, 5) is 25.6. The van der Waals surface area contributed by atoms with Crippen LogP contribution in [0.5, 0.6) is 5.75 Å². The molecular weight excluding hydrogens is 738 g/mol. The third-order valence-electron chi connectivity index (χ3n) is 8.22. The zero-order chi connectivity index (χ0) is 37.4. The summed E-state index contributed by atoms with van der Waals surface area (Å²) in [5.41, 5.74) is 1.16. The first-order valence-electron chi connectivity index (χ1n) is 16.7. The molecule has 11 nitrogen and oxygen atoms in total. The second-order valence-electron chi connectivity index (χ2n) is 13.4. The van der Waals surface area contributed by atoms with Crippen LogP contribution in [-0.2, 0) is 35.4 Å². The quantitative estimate of drug-likeness (QED) is 0.190. The Morgan fingerprint density at radius 2 is 1.69 bits per heavy atom. The standard InChI is InChI=1S/C34H44Cl2F3N3O8S/c1-33(2,3)50-32(44)41-23-6-4-13-42(21-23)29-20-26-27(18-22(35)19-28(26)36)31(29)49-24-8-10-25(11-9-24)51(45,46)40-12-15-48-17-16-47-14-5-7-30(43)34(37,38)39/h8-11,18-19,23,29,31,40H,4-7,12-17,20-21H2,1-3H3,(H,41,44)/t23-,29+,31+/m1/s1. The minimum Gasteiger partial charge on any atom is -0.484 e. The number of nitrogens with one attached hydrogen (secondary N) is 2. The molecule has 1 aliphatic carbocycles. The Bertz CT molecular complexity index is 1610. The number of carbonyl (C=O) groups is 2. The van der Waals surface area contributed by atoms with Gasteiger partial charge in [-0.25, -0.2) is 17.9 Å². The van der Waals surface area contributed by atoms with Crippen molar-refractivity contribution in [3.05, 3.63) is 57.6 Å². The zero-order valence-corrected chi connectivity index (χ0v) is 31.0. The van der Waals surface area contributed by atoms with Crippen molar-refractivity contribution in [3.63, 3.8) is 0 Å². The van der Waals surface area contributed by atoms with Crippen molar-refractivity contribution >= 4 is 45.1 Å². The zero-order valence-electron chi connectivity index (χ0n) is 28.7. The van der Waals surface area contributed by atoms with Crippen LogP contribution in [0.2, 0.25) is 10.0 Å². The van der Waals surface area contributed by atoms with Gasteiger partial charge in [-0.05, 0) is 95.0 Å². The molecule has 1 heterocycles. The maximum absolute atomic E-state index is 12.9. The first-order valence-corrected chi connectivity index (χ1v) is 18.9. The molecule has 1 saturated heterocycles. The monoisotopic (exact) mass is 781 g/mol. The van der Waals surface area contributed by atoms with Crippen LogP contribution < -0.4 is 14.8 Å². The second-order valence-corrected chi connectivity index (χ2v) is 16.0. The summed E-state index contributed by atoms with van der Waals surface area (Å²) in [6.07, 6.45) is -4.23. The number of piperidine rings is 1. The Labute approximate surface area is 306 Å². The van der Waals surface area contributed by atoms with E-state index in [9.17, 15) is 31.2 Å². The molecule has 0 aromatic heterocycles. The number of carbonyl (C=O) groups excluding carboxylic acids is 2. The lowest BCUT2D eigenvalue weighted by atomic mass is 10.0. The van der Waals surface area contributed by atoms with Gasteiger partial charge < -0.3 is 24.3 Å². The molecule has 0 saturated carbocycles. The molecule has 17 heteroatoms. The van der Waals surface area contributed by atoms with E-state index >= 15 is 0 Å². The van der Waals surface area contributed by atoms with Crippen molar-refractivity contribution in [2.24, 2.45) is 0 Å². The number of likely N-dealkylation sites (tertiary alicyclic amines) is 1. The number of hydrogen-bond acceptors (Lipinski definition) is 9. The number of alkyl halides is 3. The average Bonchev–Trinajstić information content (AvgIpc) is 3.39. The Morgan fingerprint density at radius 1 is 1.00 bits per heavy atom. The molecule has 1 aliphatic heterocycles. The second kappa shape index (κ2) is 17.9. The van der Waals surface area contributed by atoms with E-state index in [4.69, 9.17) is 42.1 Å². The van der Waals surface area contributed by atoms with Crippen molar-refractivity contribution in [1.29, 1.82) is 0 Å². The van der Waals surface area contributed by atoms with Gasteiger partial charge in [0.2, 0.25) is 15.8 Å². The summed E-state index contributed by atoms with van der Waals surface area (Å²) in [6.45, 7) is 6.97. The summed E-state index contributed by atoms with van der Waals surface area (Å²) in [5.74, 6) is -1.35. The maximum Gasteiger partial charge on any atom is 0.449 e. The highest BCUT2D eigenvalue weighted by Crippen LogP contribution is 2.43. The van der Waals surface area contributed by atoms with Crippen LogP contribution in [0, 0.1) is 0 Å². The molecule has 284 valence electrons. The van der Waals surface area contributed by atoms with Crippen LogP contribution in [0.25, 0.3) is 0 Å². The van der Waals surface area contributed by atoms with Gasteiger partial charge in [-0.1, -0.05) is 23.2 Å². The first kappa shape index (κ1) is 41.1. The fraction of sp³-hybridized carbons (Fsp3) is 0.588. The van der Waals surface area contributed by atoms with Crippen molar-refractivity contribution in [1.82, 2.24) is 14.9 Å². The molecule has 1 fully saturated rings. The summed E-state index contributed by atoms with van der Waals surface area (Å²) in [5, 5.41) is 4.00. The number of sulfonamides is 1. The number of benzene rings is 2. The Kier molecular flexibility index (Phi) is 14.4. The lowest BCUT2D eigenvalue weighted by Gasteiger charge is -2.39. The highest BCUT2D eigenvalue weighted by molar-refractivity contribution is 7.89. The molecule has 3 atom stereocenters. The van der Waals surface area contributed by atoms with E-state index in [1.807, 2.05) is 26.8 Å². The first-order chi connectivity index (χ1) is 23.9. The molecule has 4 rings (SSSR count). The van der Waals surface area contributed by atoms with Gasteiger partial charge in [0.15, 0.2) is 0 Å². The van der Waals surface area contributed by atoms with E-state index in [0.29, 0.717) is 28.8 Å². The van der Waals surface area contributed by atoms with Crippen molar-refractivity contribution in [3.8, 4) is 5.75 Å². The summed E-state index contributed by atoms with van der Waals surface area (Å²) < 4.78 is 87.3. The number of fused-ring (bicyclic) bond motifs is 1. The van der Waals surface area contributed by atoms with E-state index in [-0.39, 0.29) is 56.4 Å². The third kappa shape index (κ3) is 12.5. The van der Waals surface area contributed by atoms with E-state index in [0.717, 1.165) is 30.5 Å². The maximum atomic E-state index is 12.9. The van der Waals surface area contributed by atoms with Crippen LogP contribution >= 0.6 is 23.2 Å². The molecule has 2 aliphatic rings. The van der Waals surface area contributed by atoms with E-state index < -0.39 is 46.2 Å². The van der Waals surface area contributed by atoms with Crippen LogP contribution in [0.4, 0.5) is 18.0 Å². The van der Waals surface area contributed by atoms with Crippen LogP contribution in [0.3, 0.4) is 0 Å². The fourth-order valence-electron chi connectivity index (χ4n) is 5.95. The molecule has 2 aromatic rings. The minimum absolute atomic E-state index is 0.0214. The number of halogens is 5. The van der Waals surface area contributed by atoms with Crippen molar-refractivity contribution < 1.29 is 50.1 Å². The number of nitrogens with zero attached hydrogens (tertiary/aromatic N) is 1. The number of ketones is 1. The smallest absolute Gasteiger partial charge is 0.449 e. The lowest BCUT2D eigenvalue weighted by Crippen LogP contribution is -2.53. The third-order valence-corrected chi connectivity index (χ3v) is 10.3. The number of ether oxygens (including phenoxy) is 4. The normalized spacial score (nSPS) is 19.8. The van der Waals surface area contributed by atoms with Gasteiger partial charge in [-0.2, -0.15) is 13.2 Å². The van der Waals surface area contributed by atoms with Crippen molar-refractivity contribution in [2.45, 2.75) is 87.7 Å². The summed E-state index contributed by atoms with van der Waals surface area (Å²) in [6, 6.07) is 9.32. The van der Waals surface area contributed by atoms with Gasteiger partial charge in [-0.15, -0.1) is 0 Å². The van der Waals surface area contributed by atoms with Gasteiger partial charge in [0.05, 0.1) is 30.8 Å². The number of hydrogen-bond donors (Lipinski definition) is 2. The molecule has 0 spiro atoms. The Morgan fingerprint density at radius 3 is 2.35 bits per heavy atom. The number of alkyl carbamates (subject to hydrolysis) is 1. The molecule has 0 radical (unpaired) electrons. The number of rotatable bonds is 16. The predicted molar refractivity (Wildman–Crippen MR) is 185 cm³/mol. The molecule has 1 amide bonds. The molecule has 2 aromatic carbocycles. The van der Waals surface area contributed by atoms with Gasteiger partial charge >= 0.3 is 12.3 Å². The fourth-order valence-corrected chi connectivity index (χ4v) is 7.55. The van der Waals surface area contributed by atoms with Crippen molar-refractivity contribution in [2.75, 3.05) is 46.1 Å². The van der Waals surface area contributed by atoms with E-state index in [1.54, 1.807) is 18.2 Å². The molecule has 0 bridgehead atoms. The van der Waals surface area contributed by atoms with Gasteiger partial charge in [0.25, 0.3) is 0 Å². The number of Topliss-reactive ketones (excluding diaryl/α,β-unsaturated/α-hetero) is 1. The molecular formula is C34H44Cl2F3N3O8S. The van der Waals surface area contributed by atoms with Crippen LogP contribution in [0.1, 0.15) is 63.7 Å². The SMILES string of the molecule is CC(C)(C)OC(=O)N[C@@H]1CCCN([C@H]2Cc3c(Cl)cc(Cl)cc3[C@@H]2Oc2ccc(S(=O)(=O)NCCOCCOCCCC(=O)C(F)(F)F)cc2)C1. The van der Waals surface area contributed by atoms with Crippen LogP contribution in [0.15, 0.2) is 41.3 Å². The minimum atomic E-state index is -4.84. The average molecular weight is 783 g/mol. The number of amides is 1. The van der Waals surface area contributed by atoms with E-state index in [1.165, 1.54) is 12.1 Å². The Balaban J connectivity index is 1.30. The topological polar surface area (TPSA) is 132 Å². The molecule has 2 N–H and O–H groups in total. The van der Waals surface area contributed by atoms with E-state index in [2.05, 4.69) is 14.9 Å². The Hall–Kier alpha value is -2.66. The lowest BCUT2D eigenvalue weighted by molar-refractivity contribution is -0.171. The van der Waals surface area contributed by atoms with Crippen LogP contribution in [-0.4, -0.2) is 95.1 Å². The largest absolute Gasteiger partial charge is 0.484 e. The predicted octanol–water partition coefficient (Wildman–Crippen LogP) is 6.25. The van der Waals surface area contributed by atoms with Gasteiger partial charge in [-0.3, -0.25) is 9.69 Å². The highest BCUT2D eigenvalue weighted by Gasteiger charge is 2.41. The summed E-state index contributed by atoms with van der Waals surface area (Å²) in [7, 11) is -3.87. The molecule has 51 heavy (non-hydrogen) atoms. The van der Waals surface area contributed by atoms with Gasteiger partial charge in [0, 0.05) is 47.8 Å².